The smallest absolute Gasteiger partial charge is 0.0493 e. The Kier molecular flexibility index (Phi) is 4.68. The van der Waals surface area contributed by atoms with Crippen LogP contribution < -0.4 is 5.32 Å². The lowest BCUT2D eigenvalue weighted by Gasteiger charge is -2.10. The minimum absolute atomic E-state index is 0.404. The molecule has 0 bridgehead atoms. The Morgan fingerprint density at radius 3 is 2.67 bits per heavy atom. The van der Waals surface area contributed by atoms with Crippen LogP contribution in [-0.4, -0.2) is 7.05 Å². The highest BCUT2D eigenvalue weighted by Gasteiger charge is 2.12. The first-order chi connectivity index (χ1) is 8.65. The largest absolute Gasteiger partial charge is 0.312 e. The van der Waals surface area contributed by atoms with Gasteiger partial charge in [0.25, 0.3) is 0 Å². The zero-order valence-electron chi connectivity index (χ0n) is 10.3. The van der Waals surface area contributed by atoms with Crippen molar-refractivity contribution in [2.24, 2.45) is 0 Å². The topological polar surface area (TPSA) is 12.0 Å². The van der Waals surface area contributed by atoms with Crippen molar-refractivity contribution >= 4 is 34.5 Å². The summed E-state index contributed by atoms with van der Waals surface area (Å²) >= 11 is 14.0. The summed E-state index contributed by atoms with van der Waals surface area (Å²) < 4.78 is 0. The van der Waals surface area contributed by atoms with Crippen molar-refractivity contribution in [1.29, 1.82) is 0 Å². The number of hydrogen-bond acceptors (Lipinski definition) is 2. The first-order valence-corrected chi connectivity index (χ1v) is 7.45. The molecule has 0 fully saturated rings. The van der Waals surface area contributed by atoms with Gasteiger partial charge in [-0.25, -0.2) is 0 Å². The molecule has 1 aromatic heterocycles. The Balaban J connectivity index is 2.37. The molecule has 96 valence electrons. The van der Waals surface area contributed by atoms with Gasteiger partial charge in [0.1, 0.15) is 0 Å². The molecule has 2 aromatic rings. The quantitative estimate of drug-likeness (QED) is 0.798. The molecule has 0 amide bonds. The van der Waals surface area contributed by atoms with Gasteiger partial charge in [0.2, 0.25) is 0 Å². The van der Waals surface area contributed by atoms with Gasteiger partial charge in [0.15, 0.2) is 0 Å². The maximum absolute atomic E-state index is 6.22. The second kappa shape index (κ2) is 6.07. The van der Waals surface area contributed by atoms with Crippen molar-refractivity contribution in [2.45, 2.75) is 19.4 Å². The summed E-state index contributed by atoms with van der Waals surface area (Å²) in [6, 6.07) is 10.2. The summed E-state index contributed by atoms with van der Waals surface area (Å²) in [7, 11) is 1.99. The van der Waals surface area contributed by atoms with Crippen LogP contribution in [0, 0.1) is 0 Å². The first kappa shape index (κ1) is 13.9. The molecule has 0 saturated heterocycles. The summed E-state index contributed by atoms with van der Waals surface area (Å²) in [5, 5.41) is 4.76. The highest BCUT2D eigenvalue weighted by Crippen LogP contribution is 2.37. The maximum Gasteiger partial charge on any atom is 0.0493 e. The van der Waals surface area contributed by atoms with Crippen LogP contribution in [0.3, 0.4) is 0 Å². The van der Waals surface area contributed by atoms with Crippen LogP contribution in [0.2, 0.25) is 10.0 Å². The lowest BCUT2D eigenvalue weighted by atomic mass is 10.1. The van der Waals surface area contributed by atoms with Crippen molar-refractivity contribution in [3.05, 3.63) is 45.3 Å². The lowest BCUT2D eigenvalue weighted by Crippen LogP contribution is -2.13. The Morgan fingerprint density at radius 1 is 1.22 bits per heavy atom. The van der Waals surface area contributed by atoms with Gasteiger partial charge in [-0.15, -0.1) is 11.3 Å². The molecule has 0 saturated carbocycles. The van der Waals surface area contributed by atoms with Crippen LogP contribution in [0.5, 0.6) is 0 Å². The summed E-state index contributed by atoms with van der Waals surface area (Å²) in [6.07, 6.45) is 1.07. The van der Waals surface area contributed by atoms with E-state index < -0.39 is 0 Å². The normalized spacial score (nSPS) is 12.7. The molecule has 1 unspecified atom stereocenters. The SMILES string of the molecule is CCC(NC)c1ccc(-c2cc(Cl)ccc2Cl)s1. The number of thiophene rings is 1. The predicted octanol–water partition coefficient (Wildman–Crippen LogP) is 5.39. The van der Waals surface area contributed by atoms with Crippen LogP contribution in [0.15, 0.2) is 30.3 Å². The molecule has 4 heteroatoms. The van der Waals surface area contributed by atoms with Gasteiger partial charge in [-0.3, -0.25) is 0 Å². The number of hydrogen-bond donors (Lipinski definition) is 1. The van der Waals surface area contributed by atoms with E-state index in [0.717, 1.165) is 21.9 Å². The molecule has 1 atom stereocenters. The van der Waals surface area contributed by atoms with Crippen LogP contribution >= 0.6 is 34.5 Å². The molecular formula is C14H15Cl2NS. The molecule has 0 aliphatic rings. The number of nitrogens with one attached hydrogen (secondary N) is 1. The molecule has 0 aliphatic heterocycles. The summed E-state index contributed by atoms with van der Waals surface area (Å²) in [6.45, 7) is 2.17. The lowest BCUT2D eigenvalue weighted by molar-refractivity contribution is 0.586. The molecule has 1 nitrogen and oxygen atoms in total. The minimum atomic E-state index is 0.404. The van der Waals surface area contributed by atoms with Gasteiger partial charge < -0.3 is 5.32 Å². The fourth-order valence-electron chi connectivity index (χ4n) is 1.92. The standard InChI is InChI=1S/C14H15Cl2NS/c1-3-12(17-2)14-7-6-13(18-14)10-8-9(15)4-5-11(10)16/h4-8,12,17H,3H2,1-2H3. The molecule has 0 radical (unpaired) electrons. The van der Waals surface area contributed by atoms with Gasteiger partial charge >= 0.3 is 0 Å². The zero-order chi connectivity index (χ0) is 13.1. The van der Waals surface area contributed by atoms with E-state index >= 15 is 0 Å². The van der Waals surface area contributed by atoms with E-state index in [1.54, 1.807) is 11.3 Å². The maximum atomic E-state index is 6.22. The van der Waals surface area contributed by atoms with Gasteiger partial charge in [-0.2, -0.15) is 0 Å². The Hall–Kier alpha value is -0.540. The first-order valence-electron chi connectivity index (χ1n) is 5.88. The molecule has 1 aromatic carbocycles. The molecule has 0 spiro atoms. The number of benzene rings is 1. The van der Waals surface area contributed by atoms with Crippen molar-refractivity contribution < 1.29 is 0 Å². The fourth-order valence-corrected chi connectivity index (χ4v) is 3.60. The monoisotopic (exact) mass is 299 g/mol. The van der Waals surface area contributed by atoms with Crippen molar-refractivity contribution in [3.63, 3.8) is 0 Å². The van der Waals surface area contributed by atoms with Gasteiger partial charge in [0, 0.05) is 31.4 Å². The molecule has 2 rings (SSSR count). The number of halogens is 2. The summed E-state index contributed by atoms with van der Waals surface area (Å²) in [4.78, 5) is 2.48. The van der Waals surface area contributed by atoms with Gasteiger partial charge in [-0.05, 0) is 43.8 Å². The van der Waals surface area contributed by atoms with Crippen LogP contribution in [0.4, 0.5) is 0 Å². The zero-order valence-corrected chi connectivity index (χ0v) is 12.7. The number of rotatable bonds is 4. The molecule has 1 heterocycles. The van der Waals surface area contributed by atoms with E-state index in [1.165, 1.54) is 4.88 Å². The Bertz CT molecular complexity index is 532. The highest BCUT2D eigenvalue weighted by molar-refractivity contribution is 7.15. The molecular weight excluding hydrogens is 285 g/mol. The van der Waals surface area contributed by atoms with Crippen LogP contribution in [0.25, 0.3) is 10.4 Å². The van der Waals surface area contributed by atoms with E-state index in [2.05, 4.69) is 24.4 Å². The van der Waals surface area contributed by atoms with Crippen molar-refractivity contribution in [3.8, 4) is 10.4 Å². The summed E-state index contributed by atoms with van der Waals surface area (Å²) in [5.41, 5.74) is 1.01. The third-order valence-electron chi connectivity index (χ3n) is 2.92. The van der Waals surface area contributed by atoms with E-state index in [4.69, 9.17) is 23.2 Å². The van der Waals surface area contributed by atoms with Crippen LogP contribution in [-0.2, 0) is 0 Å². The van der Waals surface area contributed by atoms with E-state index in [-0.39, 0.29) is 0 Å². The summed E-state index contributed by atoms with van der Waals surface area (Å²) in [5.74, 6) is 0. The van der Waals surface area contributed by atoms with Crippen LogP contribution in [0.1, 0.15) is 24.3 Å². The predicted molar refractivity (Wildman–Crippen MR) is 81.9 cm³/mol. The molecule has 0 aliphatic carbocycles. The molecule has 18 heavy (non-hydrogen) atoms. The second-order valence-corrected chi connectivity index (χ2v) is 6.03. The van der Waals surface area contributed by atoms with E-state index in [9.17, 15) is 0 Å². The second-order valence-electron chi connectivity index (χ2n) is 4.08. The molecule has 1 N–H and O–H groups in total. The highest BCUT2D eigenvalue weighted by atomic mass is 35.5. The van der Waals surface area contributed by atoms with Gasteiger partial charge in [-0.1, -0.05) is 30.1 Å². The minimum Gasteiger partial charge on any atom is -0.312 e. The average Bonchev–Trinajstić information content (AvgIpc) is 2.83. The van der Waals surface area contributed by atoms with Gasteiger partial charge in [0.05, 0.1) is 0 Å². The van der Waals surface area contributed by atoms with E-state index in [0.29, 0.717) is 11.1 Å². The Labute approximate surface area is 122 Å². The Morgan fingerprint density at radius 2 is 2.00 bits per heavy atom. The average molecular weight is 300 g/mol. The third-order valence-corrected chi connectivity index (χ3v) is 4.72. The fraction of sp³-hybridized carbons (Fsp3) is 0.286. The van der Waals surface area contributed by atoms with Crippen molar-refractivity contribution in [1.82, 2.24) is 5.32 Å². The van der Waals surface area contributed by atoms with E-state index in [1.807, 2.05) is 25.2 Å². The third kappa shape index (κ3) is 2.89. The van der Waals surface area contributed by atoms with Crippen molar-refractivity contribution in [2.75, 3.05) is 7.05 Å².